The summed E-state index contributed by atoms with van der Waals surface area (Å²) in [6, 6.07) is 12.4. The molecule has 2 aromatic carbocycles. The maximum absolute atomic E-state index is 12.1. The fraction of sp³-hybridized carbons (Fsp3) is 0.364. The molecule has 0 saturated carbocycles. The third-order valence-corrected chi connectivity index (χ3v) is 4.15. The van der Waals surface area contributed by atoms with Crippen LogP contribution in [0.2, 0.25) is 0 Å². The van der Waals surface area contributed by atoms with Crippen LogP contribution < -0.4 is 19.6 Å². The summed E-state index contributed by atoms with van der Waals surface area (Å²) in [6.07, 6.45) is 6.17. The number of ether oxygens (including phenoxy) is 3. The lowest BCUT2D eigenvalue weighted by molar-refractivity contribution is 0.0955. The minimum absolute atomic E-state index is 0.311. The standard InChI is InChI=1S/C22H28N2O4/c1-4-5-6-7-13-28-20-12-11-17(14-21(20)27-3)16-23-24-22(25)18-9-8-10-19(15-18)26-2/h8-12,14-16H,4-7,13H2,1-3H3,(H,24,25)/b23-16+. The van der Waals surface area contributed by atoms with Crippen LogP contribution in [0.1, 0.15) is 48.5 Å². The normalized spacial score (nSPS) is 10.7. The molecule has 0 radical (unpaired) electrons. The second-order valence-corrected chi connectivity index (χ2v) is 6.25. The van der Waals surface area contributed by atoms with Crippen molar-refractivity contribution in [1.29, 1.82) is 0 Å². The number of unbranched alkanes of at least 4 members (excludes halogenated alkanes) is 3. The van der Waals surface area contributed by atoms with E-state index in [4.69, 9.17) is 14.2 Å². The van der Waals surface area contributed by atoms with Crippen LogP contribution in [0.3, 0.4) is 0 Å². The summed E-state index contributed by atoms with van der Waals surface area (Å²) in [7, 11) is 3.16. The van der Waals surface area contributed by atoms with Gasteiger partial charge in [0.25, 0.3) is 5.91 Å². The SMILES string of the molecule is CCCCCCOc1ccc(/C=N/NC(=O)c2cccc(OC)c2)cc1OC. The van der Waals surface area contributed by atoms with Crippen LogP contribution >= 0.6 is 0 Å². The first-order valence-corrected chi connectivity index (χ1v) is 9.46. The molecule has 0 saturated heterocycles. The number of methoxy groups -OCH3 is 2. The predicted octanol–water partition coefficient (Wildman–Crippen LogP) is 4.43. The Morgan fingerprint density at radius 2 is 1.89 bits per heavy atom. The molecule has 6 heteroatoms. The molecule has 150 valence electrons. The lowest BCUT2D eigenvalue weighted by Crippen LogP contribution is -2.17. The third kappa shape index (κ3) is 6.61. The van der Waals surface area contributed by atoms with Gasteiger partial charge in [0.05, 0.1) is 27.0 Å². The predicted molar refractivity (Wildman–Crippen MR) is 111 cm³/mol. The van der Waals surface area contributed by atoms with E-state index in [0.29, 0.717) is 29.4 Å². The highest BCUT2D eigenvalue weighted by Crippen LogP contribution is 2.27. The van der Waals surface area contributed by atoms with Gasteiger partial charge < -0.3 is 14.2 Å². The van der Waals surface area contributed by atoms with Gasteiger partial charge in [-0.25, -0.2) is 5.43 Å². The summed E-state index contributed by atoms with van der Waals surface area (Å²) < 4.78 is 16.3. The van der Waals surface area contributed by atoms with E-state index in [9.17, 15) is 4.79 Å². The number of hydrazone groups is 1. The van der Waals surface area contributed by atoms with E-state index in [1.165, 1.54) is 12.8 Å². The quantitative estimate of drug-likeness (QED) is 0.354. The Hall–Kier alpha value is -3.02. The first kappa shape index (κ1) is 21.3. The Kier molecular flexibility index (Phi) is 8.85. The summed E-state index contributed by atoms with van der Waals surface area (Å²) in [4.78, 5) is 12.1. The van der Waals surface area contributed by atoms with Gasteiger partial charge in [0.2, 0.25) is 0 Å². The zero-order valence-corrected chi connectivity index (χ0v) is 16.7. The molecule has 0 aliphatic rings. The first-order chi connectivity index (χ1) is 13.7. The van der Waals surface area contributed by atoms with Crippen LogP contribution in [-0.4, -0.2) is 32.9 Å². The summed E-state index contributed by atoms with van der Waals surface area (Å²) >= 11 is 0. The Labute approximate surface area is 166 Å². The van der Waals surface area contributed by atoms with Crippen LogP contribution in [0.4, 0.5) is 0 Å². The van der Waals surface area contributed by atoms with Crippen molar-refractivity contribution in [3.8, 4) is 17.2 Å². The smallest absolute Gasteiger partial charge is 0.271 e. The Morgan fingerprint density at radius 1 is 1.04 bits per heavy atom. The number of nitrogens with one attached hydrogen (secondary N) is 1. The number of rotatable bonds is 11. The molecular formula is C22H28N2O4. The number of hydrogen-bond donors (Lipinski definition) is 1. The van der Waals surface area contributed by atoms with Crippen molar-refractivity contribution in [3.63, 3.8) is 0 Å². The van der Waals surface area contributed by atoms with Crippen molar-refractivity contribution >= 4 is 12.1 Å². The van der Waals surface area contributed by atoms with Crippen molar-refractivity contribution in [2.24, 2.45) is 5.10 Å². The molecule has 2 aromatic rings. The minimum atomic E-state index is -0.311. The Morgan fingerprint density at radius 3 is 2.64 bits per heavy atom. The zero-order chi connectivity index (χ0) is 20.2. The van der Waals surface area contributed by atoms with E-state index < -0.39 is 0 Å². The molecule has 6 nitrogen and oxygen atoms in total. The molecule has 0 unspecified atom stereocenters. The zero-order valence-electron chi connectivity index (χ0n) is 16.7. The van der Waals surface area contributed by atoms with Crippen molar-refractivity contribution < 1.29 is 19.0 Å². The summed E-state index contributed by atoms with van der Waals surface area (Å²) in [5.41, 5.74) is 3.77. The molecule has 0 spiro atoms. The molecule has 0 heterocycles. The van der Waals surface area contributed by atoms with E-state index in [0.717, 1.165) is 18.4 Å². The molecule has 0 bridgehead atoms. The second kappa shape index (κ2) is 11.6. The van der Waals surface area contributed by atoms with Gasteiger partial charge in [-0.1, -0.05) is 32.3 Å². The molecule has 1 N–H and O–H groups in total. The largest absolute Gasteiger partial charge is 0.497 e. The number of carbonyl (C=O) groups excluding carboxylic acids is 1. The maximum atomic E-state index is 12.1. The van der Waals surface area contributed by atoms with Gasteiger partial charge >= 0.3 is 0 Å². The molecule has 0 fully saturated rings. The maximum Gasteiger partial charge on any atom is 0.271 e. The number of amides is 1. The van der Waals surface area contributed by atoms with Gasteiger partial charge in [-0.15, -0.1) is 0 Å². The first-order valence-electron chi connectivity index (χ1n) is 9.46. The van der Waals surface area contributed by atoms with E-state index >= 15 is 0 Å². The fourth-order valence-corrected chi connectivity index (χ4v) is 2.59. The average molecular weight is 384 g/mol. The van der Waals surface area contributed by atoms with Gasteiger partial charge in [0, 0.05) is 5.56 Å². The number of benzene rings is 2. The van der Waals surface area contributed by atoms with Crippen LogP contribution in [-0.2, 0) is 0 Å². The summed E-state index contributed by atoms with van der Waals surface area (Å²) in [6.45, 7) is 2.85. The summed E-state index contributed by atoms with van der Waals surface area (Å²) in [5, 5.41) is 4.01. The van der Waals surface area contributed by atoms with Gasteiger partial charge in [0.15, 0.2) is 11.5 Å². The fourth-order valence-electron chi connectivity index (χ4n) is 2.59. The van der Waals surface area contributed by atoms with Crippen molar-refractivity contribution in [2.45, 2.75) is 32.6 Å². The minimum Gasteiger partial charge on any atom is -0.497 e. The van der Waals surface area contributed by atoms with E-state index in [-0.39, 0.29) is 5.91 Å². The van der Waals surface area contributed by atoms with Crippen LogP contribution in [0, 0.1) is 0 Å². The highest BCUT2D eigenvalue weighted by molar-refractivity contribution is 5.95. The second-order valence-electron chi connectivity index (χ2n) is 6.25. The van der Waals surface area contributed by atoms with Gasteiger partial charge in [-0.2, -0.15) is 5.10 Å². The Bertz CT molecular complexity index is 790. The van der Waals surface area contributed by atoms with E-state index in [1.807, 2.05) is 18.2 Å². The lowest BCUT2D eigenvalue weighted by Gasteiger charge is -2.11. The average Bonchev–Trinajstić information content (AvgIpc) is 2.74. The third-order valence-electron chi connectivity index (χ3n) is 4.15. The highest BCUT2D eigenvalue weighted by Gasteiger charge is 2.07. The van der Waals surface area contributed by atoms with E-state index in [1.54, 1.807) is 44.7 Å². The molecule has 28 heavy (non-hydrogen) atoms. The molecule has 0 aliphatic carbocycles. The topological polar surface area (TPSA) is 69.2 Å². The highest BCUT2D eigenvalue weighted by atomic mass is 16.5. The van der Waals surface area contributed by atoms with Crippen molar-refractivity contribution in [2.75, 3.05) is 20.8 Å². The molecule has 0 aromatic heterocycles. The number of hydrogen-bond acceptors (Lipinski definition) is 5. The molecule has 1 amide bonds. The lowest BCUT2D eigenvalue weighted by atomic mass is 10.2. The van der Waals surface area contributed by atoms with Gasteiger partial charge in [-0.05, 0) is 48.4 Å². The summed E-state index contributed by atoms with van der Waals surface area (Å²) in [5.74, 6) is 1.65. The van der Waals surface area contributed by atoms with Crippen LogP contribution in [0.5, 0.6) is 17.2 Å². The van der Waals surface area contributed by atoms with Crippen LogP contribution in [0.15, 0.2) is 47.6 Å². The van der Waals surface area contributed by atoms with Gasteiger partial charge in [0.1, 0.15) is 5.75 Å². The monoisotopic (exact) mass is 384 g/mol. The number of nitrogens with zero attached hydrogens (tertiary/aromatic N) is 1. The Balaban J connectivity index is 1.93. The van der Waals surface area contributed by atoms with Gasteiger partial charge in [-0.3, -0.25) is 4.79 Å². The van der Waals surface area contributed by atoms with Crippen molar-refractivity contribution in [3.05, 3.63) is 53.6 Å². The van der Waals surface area contributed by atoms with Crippen molar-refractivity contribution in [1.82, 2.24) is 5.43 Å². The molecule has 0 atom stereocenters. The number of carbonyl (C=O) groups is 1. The van der Waals surface area contributed by atoms with E-state index in [2.05, 4.69) is 17.5 Å². The molecular weight excluding hydrogens is 356 g/mol. The molecule has 0 aliphatic heterocycles. The van der Waals surface area contributed by atoms with Crippen LogP contribution in [0.25, 0.3) is 0 Å². The molecule has 2 rings (SSSR count).